The van der Waals surface area contributed by atoms with Crippen molar-refractivity contribution in [1.29, 1.82) is 0 Å². The third-order valence-corrected chi connectivity index (χ3v) is 5.23. The molecule has 0 fully saturated rings. The molecule has 3 amide bonds. The molecule has 0 radical (unpaired) electrons. The fourth-order valence-corrected chi connectivity index (χ4v) is 3.65. The Morgan fingerprint density at radius 3 is 2.19 bits per heavy atom. The van der Waals surface area contributed by atoms with E-state index in [-0.39, 0.29) is 17.7 Å². The Bertz CT molecular complexity index is 803. The molecule has 140 valence electrons. The van der Waals surface area contributed by atoms with Gasteiger partial charge in [-0.15, -0.1) is 0 Å². The molecule has 2 aromatic rings. The van der Waals surface area contributed by atoms with Gasteiger partial charge in [0, 0.05) is 6.54 Å². The maximum atomic E-state index is 12.8. The molecule has 2 aromatic carbocycles. The summed E-state index contributed by atoms with van der Waals surface area (Å²) in [6.45, 7) is 0.460. The van der Waals surface area contributed by atoms with Crippen molar-refractivity contribution in [1.82, 2.24) is 10.2 Å². The number of hydrogen-bond acceptors (Lipinski definition) is 4. The molecule has 0 saturated heterocycles. The lowest BCUT2D eigenvalue weighted by atomic mass is 10.1. The van der Waals surface area contributed by atoms with E-state index in [1.165, 1.54) is 0 Å². The second kappa shape index (κ2) is 8.86. The fourth-order valence-electron chi connectivity index (χ4n) is 3.19. The standard InChI is InChI=1S/C21H22N2O3S/c1-27-14-12-18(19(24)22-13-11-15-7-3-2-4-8-15)23-20(25)16-9-5-6-10-17(16)21(23)26/h2-10,18H,11-14H2,1H3,(H,22,24). The molecule has 0 aromatic heterocycles. The lowest BCUT2D eigenvalue weighted by molar-refractivity contribution is -0.125. The number of rotatable bonds is 8. The fraction of sp³-hybridized carbons (Fsp3) is 0.286. The van der Waals surface area contributed by atoms with E-state index in [4.69, 9.17) is 0 Å². The van der Waals surface area contributed by atoms with Gasteiger partial charge in [-0.3, -0.25) is 19.3 Å². The summed E-state index contributed by atoms with van der Waals surface area (Å²) in [6.07, 6.45) is 3.07. The first-order valence-corrected chi connectivity index (χ1v) is 10.3. The van der Waals surface area contributed by atoms with Gasteiger partial charge >= 0.3 is 0 Å². The molecule has 1 atom stereocenters. The molecule has 5 nitrogen and oxygen atoms in total. The molecule has 27 heavy (non-hydrogen) atoms. The summed E-state index contributed by atoms with van der Waals surface area (Å²) in [5, 5.41) is 2.89. The number of imide groups is 1. The Labute approximate surface area is 163 Å². The number of thioether (sulfide) groups is 1. The Morgan fingerprint density at radius 2 is 1.59 bits per heavy atom. The molecule has 3 rings (SSSR count). The highest BCUT2D eigenvalue weighted by atomic mass is 32.2. The normalized spacial score (nSPS) is 14.2. The zero-order valence-corrected chi connectivity index (χ0v) is 16.0. The monoisotopic (exact) mass is 382 g/mol. The molecule has 1 aliphatic rings. The van der Waals surface area contributed by atoms with Gasteiger partial charge in [0.1, 0.15) is 6.04 Å². The highest BCUT2D eigenvalue weighted by molar-refractivity contribution is 7.98. The van der Waals surface area contributed by atoms with Crippen LogP contribution in [0.5, 0.6) is 0 Å². The molecule has 1 aliphatic heterocycles. The average molecular weight is 382 g/mol. The molecule has 0 saturated carbocycles. The predicted molar refractivity (Wildman–Crippen MR) is 107 cm³/mol. The van der Waals surface area contributed by atoms with E-state index >= 15 is 0 Å². The lowest BCUT2D eigenvalue weighted by Crippen LogP contribution is -2.50. The van der Waals surface area contributed by atoms with E-state index in [1.807, 2.05) is 36.6 Å². The number of amides is 3. The van der Waals surface area contributed by atoms with Gasteiger partial charge in [-0.25, -0.2) is 0 Å². The van der Waals surface area contributed by atoms with E-state index in [2.05, 4.69) is 5.32 Å². The molecular weight excluding hydrogens is 360 g/mol. The van der Waals surface area contributed by atoms with Crippen LogP contribution in [0.3, 0.4) is 0 Å². The van der Waals surface area contributed by atoms with Crippen molar-refractivity contribution >= 4 is 29.5 Å². The van der Waals surface area contributed by atoms with Crippen molar-refractivity contribution in [2.45, 2.75) is 18.9 Å². The molecule has 0 spiro atoms. The molecular formula is C21H22N2O3S. The van der Waals surface area contributed by atoms with Gasteiger partial charge in [0.15, 0.2) is 0 Å². The summed E-state index contributed by atoms with van der Waals surface area (Å²) >= 11 is 1.58. The van der Waals surface area contributed by atoms with Crippen LogP contribution >= 0.6 is 11.8 Å². The topological polar surface area (TPSA) is 66.5 Å². The van der Waals surface area contributed by atoms with Crippen molar-refractivity contribution in [2.75, 3.05) is 18.6 Å². The summed E-state index contributed by atoms with van der Waals surface area (Å²) in [6, 6.07) is 15.8. The summed E-state index contributed by atoms with van der Waals surface area (Å²) in [7, 11) is 0. The Hall–Kier alpha value is -2.60. The zero-order chi connectivity index (χ0) is 19.2. The van der Waals surface area contributed by atoms with Gasteiger partial charge in [0.25, 0.3) is 11.8 Å². The van der Waals surface area contributed by atoms with Crippen LogP contribution in [0, 0.1) is 0 Å². The number of nitrogens with one attached hydrogen (secondary N) is 1. The first kappa shape index (κ1) is 19.2. The van der Waals surface area contributed by atoms with Crippen LogP contribution in [0.1, 0.15) is 32.7 Å². The van der Waals surface area contributed by atoms with Crippen molar-refractivity contribution in [3.05, 3.63) is 71.3 Å². The first-order valence-electron chi connectivity index (χ1n) is 8.91. The third-order valence-electron chi connectivity index (χ3n) is 4.59. The molecule has 6 heteroatoms. The minimum Gasteiger partial charge on any atom is -0.354 e. The van der Waals surface area contributed by atoms with Crippen LogP contribution in [0.15, 0.2) is 54.6 Å². The van der Waals surface area contributed by atoms with Crippen molar-refractivity contribution in [2.24, 2.45) is 0 Å². The average Bonchev–Trinajstić information content (AvgIpc) is 2.95. The van der Waals surface area contributed by atoms with Gasteiger partial charge in [0.2, 0.25) is 5.91 Å². The number of carbonyl (C=O) groups is 3. The quantitative estimate of drug-likeness (QED) is 0.713. The van der Waals surface area contributed by atoms with E-state index in [0.29, 0.717) is 36.3 Å². The third kappa shape index (κ3) is 4.22. The van der Waals surface area contributed by atoms with Crippen LogP contribution in [0.2, 0.25) is 0 Å². The second-order valence-electron chi connectivity index (χ2n) is 6.35. The van der Waals surface area contributed by atoms with Crippen molar-refractivity contribution < 1.29 is 14.4 Å². The lowest BCUT2D eigenvalue weighted by Gasteiger charge is -2.25. The number of nitrogens with zero attached hydrogens (tertiary/aromatic N) is 1. The zero-order valence-electron chi connectivity index (χ0n) is 15.2. The van der Waals surface area contributed by atoms with E-state index in [1.54, 1.807) is 36.0 Å². The minimum absolute atomic E-state index is 0.283. The largest absolute Gasteiger partial charge is 0.354 e. The predicted octanol–water partition coefficient (Wildman–Crippen LogP) is 2.76. The second-order valence-corrected chi connectivity index (χ2v) is 7.34. The smallest absolute Gasteiger partial charge is 0.262 e. The summed E-state index contributed by atoms with van der Waals surface area (Å²) in [5.41, 5.74) is 1.86. The Kier molecular flexibility index (Phi) is 6.29. The molecule has 0 aliphatic carbocycles. The van der Waals surface area contributed by atoms with Crippen LogP contribution < -0.4 is 5.32 Å². The maximum Gasteiger partial charge on any atom is 0.262 e. The van der Waals surface area contributed by atoms with Crippen LogP contribution in [-0.4, -0.2) is 47.2 Å². The first-order chi connectivity index (χ1) is 13.1. The number of fused-ring (bicyclic) bond motifs is 1. The van der Waals surface area contributed by atoms with Crippen LogP contribution in [0.4, 0.5) is 0 Å². The van der Waals surface area contributed by atoms with E-state index in [9.17, 15) is 14.4 Å². The highest BCUT2D eigenvalue weighted by Crippen LogP contribution is 2.26. The van der Waals surface area contributed by atoms with Gasteiger partial charge in [-0.2, -0.15) is 11.8 Å². The van der Waals surface area contributed by atoms with Crippen molar-refractivity contribution in [3.63, 3.8) is 0 Å². The summed E-state index contributed by atoms with van der Waals surface area (Å²) < 4.78 is 0. The van der Waals surface area contributed by atoms with Crippen LogP contribution in [-0.2, 0) is 11.2 Å². The van der Waals surface area contributed by atoms with Crippen molar-refractivity contribution in [3.8, 4) is 0 Å². The van der Waals surface area contributed by atoms with E-state index in [0.717, 1.165) is 10.5 Å². The Balaban J connectivity index is 1.71. The van der Waals surface area contributed by atoms with Gasteiger partial charge in [-0.1, -0.05) is 42.5 Å². The highest BCUT2D eigenvalue weighted by Gasteiger charge is 2.42. The molecule has 1 unspecified atom stereocenters. The van der Waals surface area contributed by atoms with Gasteiger partial charge in [-0.05, 0) is 42.5 Å². The summed E-state index contributed by atoms with van der Waals surface area (Å²) in [5.74, 6) is -0.376. The molecule has 1 heterocycles. The van der Waals surface area contributed by atoms with E-state index < -0.39 is 6.04 Å². The van der Waals surface area contributed by atoms with Crippen LogP contribution in [0.25, 0.3) is 0 Å². The molecule has 1 N–H and O–H groups in total. The SMILES string of the molecule is CSCCC(C(=O)NCCc1ccccc1)N1C(=O)c2ccccc2C1=O. The number of carbonyl (C=O) groups excluding carboxylic acids is 3. The maximum absolute atomic E-state index is 12.8. The van der Waals surface area contributed by atoms with Gasteiger partial charge < -0.3 is 5.32 Å². The number of benzene rings is 2. The van der Waals surface area contributed by atoms with Gasteiger partial charge in [0.05, 0.1) is 11.1 Å². The summed E-state index contributed by atoms with van der Waals surface area (Å²) in [4.78, 5) is 39.4. The Morgan fingerprint density at radius 1 is 1.00 bits per heavy atom. The minimum atomic E-state index is -0.791. The molecule has 0 bridgehead atoms. The number of hydrogen-bond donors (Lipinski definition) is 1.